The van der Waals surface area contributed by atoms with Crippen LogP contribution in [0.25, 0.3) is 0 Å². The fraction of sp³-hybridized carbons (Fsp3) is 0.375. The van der Waals surface area contributed by atoms with Gasteiger partial charge in [-0.2, -0.15) is 11.3 Å². The molecular formula is C16H19FN2O3S2. The quantitative estimate of drug-likeness (QED) is 0.847. The summed E-state index contributed by atoms with van der Waals surface area (Å²) in [6.45, 7) is 3.07. The molecule has 2 heterocycles. The number of nitrogens with one attached hydrogen (secondary N) is 1. The summed E-state index contributed by atoms with van der Waals surface area (Å²) in [5.74, 6) is -0.460. The second kappa shape index (κ2) is 7.71. The molecule has 2 aromatic rings. The average molecular weight is 370 g/mol. The minimum Gasteiger partial charge on any atom is -0.379 e. The first-order chi connectivity index (χ1) is 11.6. The molecule has 0 unspecified atom stereocenters. The minimum absolute atomic E-state index is 0.0460. The molecule has 0 amide bonds. The Kier molecular flexibility index (Phi) is 5.62. The summed E-state index contributed by atoms with van der Waals surface area (Å²) in [7, 11) is -3.67. The van der Waals surface area contributed by atoms with E-state index in [1.165, 1.54) is 12.1 Å². The normalized spacial score (nSPS) is 17.7. The van der Waals surface area contributed by atoms with Crippen LogP contribution in [0.4, 0.5) is 4.39 Å². The smallest absolute Gasteiger partial charge is 0.240 e. The molecule has 1 aliphatic rings. The van der Waals surface area contributed by atoms with Crippen LogP contribution in [-0.2, 0) is 14.8 Å². The number of thiophene rings is 1. The molecule has 1 aliphatic heterocycles. The Morgan fingerprint density at radius 3 is 2.54 bits per heavy atom. The molecule has 8 heteroatoms. The summed E-state index contributed by atoms with van der Waals surface area (Å²) in [6, 6.07) is 6.80. The second-order valence-electron chi connectivity index (χ2n) is 5.53. The lowest BCUT2D eigenvalue weighted by Gasteiger charge is -2.34. The Morgan fingerprint density at radius 1 is 1.21 bits per heavy atom. The maximum atomic E-state index is 13.0. The molecule has 130 valence electrons. The third-order valence-corrected chi connectivity index (χ3v) is 6.15. The van der Waals surface area contributed by atoms with E-state index in [4.69, 9.17) is 4.74 Å². The first-order valence-corrected chi connectivity index (χ1v) is 10.1. The lowest BCUT2D eigenvalue weighted by atomic mass is 10.1. The Hall–Kier alpha value is -1.32. The molecule has 0 saturated carbocycles. The first kappa shape index (κ1) is 17.5. The van der Waals surface area contributed by atoms with Crippen LogP contribution in [0.1, 0.15) is 11.6 Å². The predicted octanol–water partition coefficient (Wildman–Crippen LogP) is 2.24. The zero-order valence-electron chi connectivity index (χ0n) is 13.0. The number of nitrogens with zero attached hydrogens (tertiary/aromatic N) is 1. The van der Waals surface area contributed by atoms with Gasteiger partial charge in [0.2, 0.25) is 10.0 Å². The van der Waals surface area contributed by atoms with Crippen LogP contribution in [0, 0.1) is 5.82 Å². The molecule has 0 radical (unpaired) electrons. The van der Waals surface area contributed by atoms with E-state index in [1.54, 1.807) is 11.3 Å². The molecule has 3 rings (SSSR count). The van der Waals surface area contributed by atoms with Crippen molar-refractivity contribution >= 4 is 21.4 Å². The van der Waals surface area contributed by atoms with Gasteiger partial charge in [0, 0.05) is 25.7 Å². The first-order valence-electron chi connectivity index (χ1n) is 7.65. The molecule has 1 saturated heterocycles. The van der Waals surface area contributed by atoms with E-state index >= 15 is 0 Å². The van der Waals surface area contributed by atoms with Crippen LogP contribution in [0.3, 0.4) is 0 Å². The lowest BCUT2D eigenvalue weighted by molar-refractivity contribution is 0.0173. The number of halogens is 1. The maximum absolute atomic E-state index is 13.0. The number of benzene rings is 1. The van der Waals surface area contributed by atoms with Gasteiger partial charge in [-0.15, -0.1) is 0 Å². The highest BCUT2D eigenvalue weighted by Crippen LogP contribution is 2.24. The zero-order valence-corrected chi connectivity index (χ0v) is 14.7. The van der Waals surface area contributed by atoms with Crippen LogP contribution in [0.2, 0.25) is 0 Å². The van der Waals surface area contributed by atoms with Gasteiger partial charge in [-0.05, 0) is 46.7 Å². The van der Waals surface area contributed by atoms with Gasteiger partial charge in [0.15, 0.2) is 0 Å². The highest BCUT2D eigenvalue weighted by atomic mass is 32.2. The van der Waals surface area contributed by atoms with Crippen molar-refractivity contribution in [2.24, 2.45) is 0 Å². The van der Waals surface area contributed by atoms with Crippen LogP contribution in [0.5, 0.6) is 0 Å². The van der Waals surface area contributed by atoms with Gasteiger partial charge in [0.1, 0.15) is 5.82 Å². The fourth-order valence-electron chi connectivity index (χ4n) is 2.70. The standard InChI is InChI=1S/C16H19FN2O3S2/c17-14-1-3-15(4-2-14)24(20,21)18-11-16(13-5-10-23-12-13)19-6-8-22-9-7-19/h1-5,10,12,16,18H,6-9,11H2/t16-/m0/s1. The lowest BCUT2D eigenvalue weighted by Crippen LogP contribution is -2.43. The fourth-order valence-corrected chi connectivity index (χ4v) is 4.44. The summed E-state index contributed by atoms with van der Waals surface area (Å²) in [6.07, 6.45) is 0. The monoisotopic (exact) mass is 370 g/mol. The Bertz CT molecular complexity index is 742. The largest absolute Gasteiger partial charge is 0.379 e. The average Bonchev–Trinajstić information content (AvgIpc) is 3.11. The van der Waals surface area contributed by atoms with Gasteiger partial charge in [0.25, 0.3) is 0 Å². The molecule has 1 atom stereocenters. The Labute approximate surface area is 145 Å². The number of sulfonamides is 1. The molecule has 24 heavy (non-hydrogen) atoms. The highest BCUT2D eigenvalue weighted by molar-refractivity contribution is 7.89. The van der Waals surface area contributed by atoms with Crippen LogP contribution in [0.15, 0.2) is 46.0 Å². The van der Waals surface area contributed by atoms with Crippen LogP contribution in [-0.4, -0.2) is 46.2 Å². The van der Waals surface area contributed by atoms with Crippen molar-refractivity contribution in [1.82, 2.24) is 9.62 Å². The predicted molar refractivity (Wildman–Crippen MR) is 91.0 cm³/mol. The van der Waals surface area contributed by atoms with Crippen molar-refractivity contribution in [3.63, 3.8) is 0 Å². The number of rotatable bonds is 6. The molecule has 1 fully saturated rings. The maximum Gasteiger partial charge on any atom is 0.240 e. The van der Waals surface area contributed by atoms with Crippen molar-refractivity contribution < 1.29 is 17.5 Å². The van der Waals surface area contributed by atoms with Gasteiger partial charge in [-0.3, -0.25) is 4.90 Å². The van der Waals surface area contributed by atoms with Crippen molar-refractivity contribution in [2.75, 3.05) is 32.8 Å². The molecular weight excluding hydrogens is 351 g/mol. The van der Waals surface area contributed by atoms with Gasteiger partial charge in [-0.25, -0.2) is 17.5 Å². The highest BCUT2D eigenvalue weighted by Gasteiger charge is 2.25. The summed E-state index contributed by atoms with van der Waals surface area (Å²) in [5.41, 5.74) is 1.09. The summed E-state index contributed by atoms with van der Waals surface area (Å²) < 4.78 is 45.9. The summed E-state index contributed by atoms with van der Waals surface area (Å²) in [5, 5.41) is 4.02. The van der Waals surface area contributed by atoms with Crippen molar-refractivity contribution in [2.45, 2.75) is 10.9 Å². The van der Waals surface area contributed by atoms with Gasteiger partial charge >= 0.3 is 0 Å². The van der Waals surface area contributed by atoms with Gasteiger partial charge in [-0.1, -0.05) is 0 Å². The minimum atomic E-state index is -3.67. The molecule has 0 bridgehead atoms. The van der Waals surface area contributed by atoms with Crippen molar-refractivity contribution in [3.8, 4) is 0 Å². The van der Waals surface area contributed by atoms with E-state index in [-0.39, 0.29) is 17.5 Å². The van der Waals surface area contributed by atoms with E-state index < -0.39 is 15.8 Å². The third kappa shape index (κ3) is 4.20. The van der Waals surface area contributed by atoms with Gasteiger partial charge in [0.05, 0.1) is 18.1 Å². The van der Waals surface area contributed by atoms with E-state index in [1.807, 2.05) is 16.8 Å². The molecule has 1 aromatic carbocycles. The Balaban J connectivity index is 1.74. The summed E-state index contributed by atoms with van der Waals surface area (Å²) >= 11 is 1.59. The van der Waals surface area contributed by atoms with E-state index in [9.17, 15) is 12.8 Å². The topological polar surface area (TPSA) is 58.6 Å². The molecule has 0 spiro atoms. The van der Waals surface area contributed by atoms with Gasteiger partial charge < -0.3 is 4.74 Å². The van der Waals surface area contributed by atoms with Crippen molar-refractivity contribution in [3.05, 3.63) is 52.5 Å². The number of ether oxygens (including phenoxy) is 1. The number of morpholine rings is 1. The SMILES string of the molecule is O=S(=O)(NC[C@@H](c1ccsc1)N1CCOCC1)c1ccc(F)cc1. The molecule has 5 nitrogen and oxygen atoms in total. The summed E-state index contributed by atoms with van der Waals surface area (Å²) in [4.78, 5) is 2.29. The molecule has 0 aliphatic carbocycles. The molecule has 1 N–H and O–H groups in total. The second-order valence-corrected chi connectivity index (χ2v) is 8.07. The molecule has 1 aromatic heterocycles. The zero-order chi connectivity index (χ0) is 17.0. The Morgan fingerprint density at radius 2 is 1.92 bits per heavy atom. The number of hydrogen-bond donors (Lipinski definition) is 1. The third-order valence-electron chi connectivity index (χ3n) is 4.01. The van der Waals surface area contributed by atoms with E-state index in [0.29, 0.717) is 13.2 Å². The van der Waals surface area contributed by atoms with E-state index in [0.717, 1.165) is 30.8 Å². The van der Waals surface area contributed by atoms with E-state index in [2.05, 4.69) is 9.62 Å². The number of hydrogen-bond acceptors (Lipinski definition) is 5. The van der Waals surface area contributed by atoms with Crippen LogP contribution >= 0.6 is 11.3 Å². The van der Waals surface area contributed by atoms with Crippen LogP contribution < -0.4 is 4.72 Å². The van der Waals surface area contributed by atoms with Crippen molar-refractivity contribution in [1.29, 1.82) is 0 Å².